The van der Waals surface area contributed by atoms with Crippen LogP contribution in [0.2, 0.25) is 0 Å². The van der Waals surface area contributed by atoms with Crippen molar-refractivity contribution in [1.29, 1.82) is 0 Å². The third kappa shape index (κ3) is 2.68. The number of nitrogens with one attached hydrogen (secondary N) is 2. The molecule has 3 aliphatic heterocycles. The van der Waals surface area contributed by atoms with Crippen LogP contribution in [0.5, 0.6) is 5.75 Å². The van der Waals surface area contributed by atoms with Gasteiger partial charge in [-0.15, -0.1) is 0 Å². The van der Waals surface area contributed by atoms with Crippen LogP contribution in [0.3, 0.4) is 0 Å². The maximum atomic E-state index is 6.68. The van der Waals surface area contributed by atoms with Crippen LogP contribution in [0.15, 0.2) is 46.9 Å². The fourth-order valence-corrected chi connectivity index (χ4v) is 4.72. The van der Waals surface area contributed by atoms with Gasteiger partial charge in [-0.05, 0) is 45.0 Å². The molecule has 0 amide bonds. The van der Waals surface area contributed by atoms with E-state index in [0.717, 1.165) is 48.9 Å². The zero-order valence-electron chi connectivity index (χ0n) is 16.3. The van der Waals surface area contributed by atoms with E-state index < -0.39 is 0 Å². The average molecular weight is 366 g/mol. The van der Waals surface area contributed by atoms with Crippen LogP contribution in [0.25, 0.3) is 5.70 Å². The molecule has 3 aliphatic rings. The Morgan fingerprint density at radius 1 is 1.15 bits per heavy atom. The summed E-state index contributed by atoms with van der Waals surface area (Å²) in [4.78, 5) is 1.66. The van der Waals surface area contributed by atoms with Crippen LogP contribution in [0.4, 0.5) is 0 Å². The molecule has 5 nitrogen and oxygen atoms in total. The van der Waals surface area contributed by atoms with Gasteiger partial charge in [-0.3, -0.25) is 0 Å². The first-order valence-corrected chi connectivity index (χ1v) is 10.0. The molecule has 27 heavy (non-hydrogen) atoms. The van der Waals surface area contributed by atoms with Gasteiger partial charge in [-0.1, -0.05) is 18.2 Å². The smallest absolute Gasteiger partial charge is 0.191 e. The van der Waals surface area contributed by atoms with E-state index in [9.17, 15) is 0 Å². The number of piperidine rings is 1. The minimum Gasteiger partial charge on any atom is -0.470 e. The lowest BCUT2D eigenvalue weighted by Crippen LogP contribution is -3.16. The highest BCUT2D eigenvalue weighted by atomic mass is 16.5. The SMILES string of the molecule is Cc1ccc(C2=C[C@@H]3c4ccccc4OC4(CC[NH+](C(C)C)CC4)N3N2)o1. The van der Waals surface area contributed by atoms with Gasteiger partial charge < -0.3 is 19.5 Å². The van der Waals surface area contributed by atoms with Crippen LogP contribution in [-0.2, 0) is 0 Å². The van der Waals surface area contributed by atoms with Crippen molar-refractivity contribution in [3.63, 3.8) is 0 Å². The van der Waals surface area contributed by atoms with Crippen molar-refractivity contribution < 1.29 is 14.1 Å². The standard InChI is InChI=1S/C22H27N3O2/c1-15(2)24-12-10-22(11-13-24)25-19(17-6-4-5-7-20(17)27-22)14-18(23-25)21-9-8-16(3)26-21/h4-9,14-15,19,23H,10-13H2,1-3H3/p+1/t19-/m1/s1. The summed E-state index contributed by atoms with van der Waals surface area (Å²) in [5, 5.41) is 2.33. The summed E-state index contributed by atoms with van der Waals surface area (Å²) >= 11 is 0. The number of nitrogens with zero attached hydrogens (tertiary/aromatic N) is 1. The summed E-state index contributed by atoms with van der Waals surface area (Å²) in [7, 11) is 0. The summed E-state index contributed by atoms with van der Waals surface area (Å²) < 4.78 is 12.6. The Balaban J connectivity index is 1.52. The molecule has 1 aromatic heterocycles. The molecular formula is C22H28N3O2+. The Kier molecular flexibility index (Phi) is 3.85. The van der Waals surface area contributed by atoms with E-state index in [2.05, 4.69) is 54.6 Å². The van der Waals surface area contributed by atoms with E-state index in [1.165, 1.54) is 5.56 Å². The quantitative estimate of drug-likeness (QED) is 0.858. The van der Waals surface area contributed by atoms with Crippen molar-refractivity contribution in [3.05, 3.63) is 59.6 Å². The molecule has 0 bridgehead atoms. The Labute approximate surface area is 160 Å². The number of furan rings is 1. The minimum atomic E-state index is -0.308. The number of quaternary nitrogens is 1. The number of likely N-dealkylation sites (tertiary alicyclic amines) is 1. The van der Waals surface area contributed by atoms with Crippen LogP contribution < -0.4 is 15.1 Å². The highest BCUT2D eigenvalue weighted by molar-refractivity contribution is 5.64. The molecule has 0 radical (unpaired) electrons. The second-order valence-corrected chi connectivity index (χ2v) is 8.32. The molecule has 0 aliphatic carbocycles. The summed E-state index contributed by atoms with van der Waals surface area (Å²) in [6.07, 6.45) is 4.30. The second-order valence-electron chi connectivity index (χ2n) is 8.32. The lowest BCUT2D eigenvalue weighted by atomic mass is 9.92. The van der Waals surface area contributed by atoms with Gasteiger partial charge in [0.2, 0.25) is 0 Å². The molecule has 142 valence electrons. The van der Waals surface area contributed by atoms with Crippen molar-refractivity contribution in [2.24, 2.45) is 0 Å². The largest absolute Gasteiger partial charge is 0.470 e. The molecule has 1 fully saturated rings. The van der Waals surface area contributed by atoms with Crippen LogP contribution >= 0.6 is 0 Å². The zero-order valence-corrected chi connectivity index (χ0v) is 16.3. The van der Waals surface area contributed by atoms with Crippen LogP contribution in [0, 0.1) is 6.92 Å². The maximum Gasteiger partial charge on any atom is 0.191 e. The van der Waals surface area contributed by atoms with Crippen LogP contribution in [0.1, 0.15) is 49.8 Å². The number of rotatable bonds is 2. The lowest BCUT2D eigenvalue weighted by Gasteiger charge is -2.51. The predicted octanol–water partition coefficient (Wildman–Crippen LogP) is 2.67. The average Bonchev–Trinajstić information content (AvgIpc) is 3.29. The van der Waals surface area contributed by atoms with Gasteiger partial charge in [-0.2, -0.15) is 5.01 Å². The van der Waals surface area contributed by atoms with Crippen molar-refractivity contribution in [2.45, 2.75) is 51.4 Å². The summed E-state index contributed by atoms with van der Waals surface area (Å²) in [5.41, 5.74) is 5.58. The van der Waals surface area contributed by atoms with E-state index in [0.29, 0.717) is 6.04 Å². The number of ether oxygens (including phenoxy) is 1. The first-order valence-electron chi connectivity index (χ1n) is 10.0. The monoisotopic (exact) mass is 366 g/mol. The summed E-state index contributed by atoms with van der Waals surface area (Å²) in [6.45, 7) is 8.84. The number of hydrazine groups is 1. The number of fused-ring (bicyclic) bond motifs is 4. The van der Waals surface area contributed by atoms with Gasteiger partial charge in [0, 0.05) is 5.56 Å². The molecular weight excluding hydrogens is 338 g/mol. The van der Waals surface area contributed by atoms with Gasteiger partial charge in [0.1, 0.15) is 11.5 Å². The molecule has 2 N–H and O–H groups in total. The third-order valence-corrected chi connectivity index (χ3v) is 6.32. The molecule has 5 heteroatoms. The van der Waals surface area contributed by atoms with Crippen molar-refractivity contribution in [3.8, 4) is 5.75 Å². The number of hydrogen-bond donors (Lipinski definition) is 2. The Morgan fingerprint density at radius 3 is 2.63 bits per heavy atom. The van der Waals surface area contributed by atoms with E-state index in [-0.39, 0.29) is 11.8 Å². The van der Waals surface area contributed by atoms with E-state index in [1.54, 1.807) is 4.90 Å². The van der Waals surface area contributed by atoms with Gasteiger partial charge >= 0.3 is 0 Å². The van der Waals surface area contributed by atoms with Gasteiger partial charge in [0.15, 0.2) is 11.5 Å². The van der Waals surface area contributed by atoms with E-state index >= 15 is 0 Å². The van der Waals surface area contributed by atoms with E-state index in [1.807, 2.05) is 19.1 Å². The van der Waals surface area contributed by atoms with Crippen molar-refractivity contribution >= 4 is 5.70 Å². The maximum absolute atomic E-state index is 6.68. The Bertz CT molecular complexity index is 877. The minimum absolute atomic E-state index is 0.163. The molecule has 1 atom stereocenters. The molecule has 5 rings (SSSR count). The summed E-state index contributed by atoms with van der Waals surface area (Å²) in [5.74, 6) is 2.83. The third-order valence-electron chi connectivity index (χ3n) is 6.32. The number of para-hydroxylation sites is 1. The molecule has 2 aromatic rings. The fourth-order valence-electron chi connectivity index (χ4n) is 4.72. The number of aryl methyl sites for hydroxylation is 1. The number of hydrogen-bond acceptors (Lipinski definition) is 4. The highest BCUT2D eigenvalue weighted by Gasteiger charge is 2.53. The molecule has 0 unspecified atom stereocenters. The first kappa shape index (κ1) is 16.9. The Morgan fingerprint density at radius 2 is 1.93 bits per heavy atom. The lowest BCUT2D eigenvalue weighted by molar-refractivity contribution is -0.929. The van der Waals surface area contributed by atoms with Gasteiger partial charge in [-0.25, -0.2) is 0 Å². The molecule has 1 aromatic carbocycles. The van der Waals surface area contributed by atoms with Crippen molar-refractivity contribution in [2.75, 3.05) is 13.1 Å². The first-order chi connectivity index (χ1) is 13.1. The summed E-state index contributed by atoms with van der Waals surface area (Å²) in [6, 6.07) is 13.3. The highest BCUT2D eigenvalue weighted by Crippen LogP contribution is 2.47. The Hall–Kier alpha value is -2.24. The zero-order chi connectivity index (χ0) is 18.6. The molecule has 4 heterocycles. The van der Waals surface area contributed by atoms with Crippen LogP contribution in [-0.4, -0.2) is 29.9 Å². The molecule has 1 spiro atoms. The van der Waals surface area contributed by atoms with E-state index in [4.69, 9.17) is 9.15 Å². The second kappa shape index (κ2) is 6.14. The molecule has 0 saturated carbocycles. The molecule has 1 saturated heterocycles. The fraction of sp³-hybridized carbons (Fsp3) is 0.455. The van der Waals surface area contributed by atoms with Crippen molar-refractivity contribution in [1.82, 2.24) is 10.4 Å². The predicted molar refractivity (Wildman–Crippen MR) is 104 cm³/mol. The van der Waals surface area contributed by atoms with Gasteiger partial charge in [0.25, 0.3) is 0 Å². The number of benzene rings is 1. The topological polar surface area (TPSA) is 42.1 Å². The normalized spacial score (nSPS) is 29.9. The van der Waals surface area contributed by atoms with Gasteiger partial charge in [0.05, 0.1) is 43.7 Å².